The molecule has 0 unspecified atom stereocenters. The number of nitrogens with one attached hydrogen (secondary N) is 1. The third-order valence-corrected chi connectivity index (χ3v) is 1.43. The van der Waals surface area contributed by atoms with Gasteiger partial charge in [-0.05, 0) is 12.6 Å². The summed E-state index contributed by atoms with van der Waals surface area (Å²) in [7, 11) is 0. The van der Waals surface area contributed by atoms with Crippen LogP contribution in [0, 0.1) is 0 Å². The summed E-state index contributed by atoms with van der Waals surface area (Å²) < 4.78 is 1.83. The van der Waals surface area contributed by atoms with Crippen LogP contribution in [-0.4, -0.2) is 22.9 Å². The van der Waals surface area contributed by atoms with Gasteiger partial charge in [0.25, 0.3) is 0 Å². The zero-order valence-electron chi connectivity index (χ0n) is 6.75. The Hall–Kier alpha value is -1.03. The van der Waals surface area contributed by atoms with E-state index in [0.29, 0.717) is 5.82 Å². The van der Waals surface area contributed by atoms with Gasteiger partial charge in [-0.25, -0.2) is 0 Å². The standard InChI is InChI=1S/C7H14N4/c1-2-9-4-6-11-5-3-7(8)10-11/h3,5,9H,2,4,6H2,1H3,(H2,8,10). The van der Waals surface area contributed by atoms with Crippen LogP contribution in [0.4, 0.5) is 5.82 Å². The number of likely N-dealkylation sites (N-methyl/N-ethyl adjacent to an activating group) is 1. The minimum atomic E-state index is 0.585. The first-order valence-electron chi connectivity index (χ1n) is 3.82. The predicted molar refractivity (Wildman–Crippen MR) is 45.2 cm³/mol. The Balaban J connectivity index is 2.27. The zero-order chi connectivity index (χ0) is 8.10. The summed E-state index contributed by atoms with van der Waals surface area (Å²) in [6.07, 6.45) is 1.88. The van der Waals surface area contributed by atoms with Crippen molar-refractivity contribution < 1.29 is 0 Å². The van der Waals surface area contributed by atoms with Crippen LogP contribution in [0.3, 0.4) is 0 Å². The van der Waals surface area contributed by atoms with E-state index in [9.17, 15) is 0 Å². The van der Waals surface area contributed by atoms with Crippen LogP contribution < -0.4 is 11.1 Å². The molecule has 3 N–H and O–H groups in total. The van der Waals surface area contributed by atoms with Gasteiger partial charge in [-0.1, -0.05) is 6.92 Å². The summed E-state index contributed by atoms with van der Waals surface area (Å²) in [5.41, 5.74) is 5.43. The van der Waals surface area contributed by atoms with Crippen LogP contribution in [0.2, 0.25) is 0 Å². The topological polar surface area (TPSA) is 55.9 Å². The second-order valence-corrected chi connectivity index (χ2v) is 2.36. The third kappa shape index (κ3) is 2.59. The first-order valence-corrected chi connectivity index (χ1v) is 3.82. The molecule has 1 heterocycles. The molecule has 0 amide bonds. The van der Waals surface area contributed by atoms with Crippen molar-refractivity contribution in [3.63, 3.8) is 0 Å². The fourth-order valence-corrected chi connectivity index (χ4v) is 0.872. The molecule has 0 aliphatic heterocycles. The molecule has 62 valence electrons. The highest BCUT2D eigenvalue weighted by Crippen LogP contribution is 1.93. The first kappa shape index (κ1) is 8.07. The third-order valence-electron chi connectivity index (χ3n) is 1.43. The van der Waals surface area contributed by atoms with Crippen LogP contribution in [0.15, 0.2) is 12.3 Å². The summed E-state index contributed by atoms with van der Waals surface area (Å²) in [6, 6.07) is 1.80. The maximum absolute atomic E-state index is 5.43. The Morgan fingerprint density at radius 3 is 3.09 bits per heavy atom. The summed E-state index contributed by atoms with van der Waals surface area (Å²) in [5.74, 6) is 0.585. The lowest BCUT2D eigenvalue weighted by Gasteiger charge is -2.00. The van der Waals surface area contributed by atoms with Gasteiger partial charge in [-0.3, -0.25) is 4.68 Å². The van der Waals surface area contributed by atoms with Crippen LogP contribution in [-0.2, 0) is 6.54 Å². The van der Waals surface area contributed by atoms with Crippen molar-refractivity contribution in [1.82, 2.24) is 15.1 Å². The van der Waals surface area contributed by atoms with Crippen molar-refractivity contribution in [2.75, 3.05) is 18.8 Å². The fourth-order valence-electron chi connectivity index (χ4n) is 0.872. The van der Waals surface area contributed by atoms with Gasteiger partial charge in [0.2, 0.25) is 0 Å². The van der Waals surface area contributed by atoms with Crippen molar-refractivity contribution in [2.24, 2.45) is 0 Å². The maximum atomic E-state index is 5.43. The van der Waals surface area contributed by atoms with Gasteiger partial charge in [0.15, 0.2) is 0 Å². The number of aromatic nitrogens is 2. The lowest BCUT2D eigenvalue weighted by molar-refractivity contribution is 0.567. The van der Waals surface area contributed by atoms with Crippen LogP contribution >= 0.6 is 0 Å². The normalized spacial score (nSPS) is 10.3. The minimum absolute atomic E-state index is 0.585. The van der Waals surface area contributed by atoms with E-state index in [1.165, 1.54) is 0 Å². The van der Waals surface area contributed by atoms with E-state index in [1.807, 2.05) is 10.9 Å². The maximum Gasteiger partial charge on any atom is 0.145 e. The molecule has 1 aromatic heterocycles. The Kier molecular flexibility index (Phi) is 2.92. The summed E-state index contributed by atoms with van der Waals surface area (Å²) >= 11 is 0. The smallest absolute Gasteiger partial charge is 0.145 e. The second kappa shape index (κ2) is 3.98. The molecule has 4 nitrogen and oxygen atoms in total. The van der Waals surface area contributed by atoms with Gasteiger partial charge in [0, 0.05) is 12.7 Å². The molecule has 4 heteroatoms. The molecule has 0 bridgehead atoms. The van der Waals surface area contributed by atoms with Crippen molar-refractivity contribution in [2.45, 2.75) is 13.5 Å². The summed E-state index contributed by atoms with van der Waals surface area (Å²) in [4.78, 5) is 0. The second-order valence-electron chi connectivity index (χ2n) is 2.36. The quantitative estimate of drug-likeness (QED) is 0.604. The number of hydrogen-bond acceptors (Lipinski definition) is 3. The van der Waals surface area contributed by atoms with Gasteiger partial charge in [-0.2, -0.15) is 5.10 Å². The van der Waals surface area contributed by atoms with E-state index >= 15 is 0 Å². The molecule has 0 radical (unpaired) electrons. The van der Waals surface area contributed by atoms with Gasteiger partial charge in [-0.15, -0.1) is 0 Å². The molecular formula is C7H14N4. The Morgan fingerprint density at radius 2 is 2.55 bits per heavy atom. The SMILES string of the molecule is CCNCCn1ccc(N)n1. The molecule has 0 aromatic carbocycles. The lowest BCUT2D eigenvalue weighted by Crippen LogP contribution is -2.19. The zero-order valence-corrected chi connectivity index (χ0v) is 6.75. The molecule has 0 fully saturated rings. The fraction of sp³-hybridized carbons (Fsp3) is 0.571. The van der Waals surface area contributed by atoms with E-state index in [-0.39, 0.29) is 0 Å². The highest BCUT2D eigenvalue weighted by Gasteiger charge is 1.91. The molecule has 0 aliphatic rings. The first-order chi connectivity index (χ1) is 5.33. The Morgan fingerprint density at radius 1 is 1.73 bits per heavy atom. The Labute approximate surface area is 66.4 Å². The molecule has 0 saturated carbocycles. The van der Waals surface area contributed by atoms with Gasteiger partial charge < -0.3 is 11.1 Å². The summed E-state index contributed by atoms with van der Waals surface area (Å²) in [6.45, 7) is 4.90. The largest absolute Gasteiger partial charge is 0.382 e. The van der Waals surface area contributed by atoms with Crippen LogP contribution in [0.5, 0.6) is 0 Å². The molecular weight excluding hydrogens is 140 g/mol. The number of rotatable bonds is 4. The molecule has 0 aliphatic carbocycles. The van der Waals surface area contributed by atoms with Gasteiger partial charge in [0.05, 0.1) is 6.54 Å². The van der Waals surface area contributed by atoms with E-state index in [2.05, 4.69) is 17.3 Å². The average Bonchev–Trinajstić information content (AvgIpc) is 2.37. The summed E-state index contributed by atoms with van der Waals surface area (Å²) in [5, 5.41) is 7.24. The van der Waals surface area contributed by atoms with Gasteiger partial charge >= 0.3 is 0 Å². The number of hydrogen-bond donors (Lipinski definition) is 2. The minimum Gasteiger partial charge on any atom is -0.382 e. The van der Waals surface area contributed by atoms with Crippen LogP contribution in [0.1, 0.15) is 6.92 Å². The van der Waals surface area contributed by atoms with Crippen LogP contribution in [0.25, 0.3) is 0 Å². The highest BCUT2D eigenvalue weighted by molar-refractivity contribution is 5.23. The van der Waals surface area contributed by atoms with Gasteiger partial charge in [0.1, 0.15) is 5.82 Å². The number of anilines is 1. The Bertz CT molecular complexity index is 206. The van der Waals surface area contributed by atoms with E-state index < -0.39 is 0 Å². The molecule has 11 heavy (non-hydrogen) atoms. The monoisotopic (exact) mass is 154 g/mol. The number of nitrogens with two attached hydrogens (primary N) is 1. The highest BCUT2D eigenvalue weighted by atomic mass is 15.3. The average molecular weight is 154 g/mol. The number of nitrogen functional groups attached to an aromatic ring is 1. The number of nitrogens with zero attached hydrogens (tertiary/aromatic N) is 2. The molecule has 1 aromatic rings. The van der Waals surface area contributed by atoms with Crippen molar-refractivity contribution >= 4 is 5.82 Å². The van der Waals surface area contributed by atoms with Crippen molar-refractivity contribution in [3.05, 3.63) is 12.3 Å². The molecule has 0 spiro atoms. The molecule has 0 atom stereocenters. The van der Waals surface area contributed by atoms with E-state index in [0.717, 1.165) is 19.6 Å². The van der Waals surface area contributed by atoms with Crippen molar-refractivity contribution in [1.29, 1.82) is 0 Å². The molecule has 0 saturated heterocycles. The predicted octanol–water partition coefficient (Wildman–Crippen LogP) is 0.0748. The molecule has 1 rings (SSSR count). The van der Waals surface area contributed by atoms with E-state index in [4.69, 9.17) is 5.73 Å². The van der Waals surface area contributed by atoms with Crippen molar-refractivity contribution in [3.8, 4) is 0 Å². The van der Waals surface area contributed by atoms with E-state index in [1.54, 1.807) is 6.07 Å². The lowest BCUT2D eigenvalue weighted by atomic mass is 10.6.